The first kappa shape index (κ1) is 22.1. The number of carbonyl (C=O) groups excluding carboxylic acids is 1. The number of hydrogen-bond donors (Lipinski definition) is 3. The zero-order valence-electron chi connectivity index (χ0n) is 16.7. The molecule has 2 aliphatic rings. The second-order valence-corrected chi connectivity index (χ2v) is 8.34. The minimum atomic E-state index is -0.610. The summed E-state index contributed by atoms with van der Waals surface area (Å²) < 4.78 is 5.33. The molecule has 2 atom stereocenters. The third-order valence-corrected chi connectivity index (χ3v) is 5.90. The van der Waals surface area contributed by atoms with Crippen molar-refractivity contribution in [1.29, 1.82) is 0 Å². The molecular formula is C20H29ClN4O3S. The van der Waals surface area contributed by atoms with Crippen LogP contribution in [0.15, 0.2) is 18.2 Å². The molecule has 3 rings (SSSR count). The molecule has 0 aliphatic carbocycles. The van der Waals surface area contributed by atoms with Crippen LogP contribution < -0.4 is 15.4 Å². The lowest BCUT2D eigenvalue weighted by atomic mass is 10.1. The molecule has 0 radical (unpaired) electrons. The highest BCUT2D eigenvalue weighted by Gasteiger charge is 2.30. The molecule has 1 aromatic carbocycles. The molecule has 0 saturated carbocycles. The van der Waals surface area contributed by atoms with Gasteiger partial charge in [-0.25, -0.2) is 0 Å². The van der Waals surface area contributed by atoms with E-state index in [9.17, 15) is 9.90 Å². The third-order valence-electron chi connectivity index (χ3n) is 5.44. The van der Waals surface area contributed by atoms with Crippen LogP contribution in [0.25, 0.3) is 0 Å². The number of aliphatic hydroxyl groups is 1. The number of aliphatic hydroxyl groups excluding tert-OH is 1. The zero-order chi connectivity index (χ0) is 20.8. The average molecular weight is 441 g/mol. The summed E-state index contributed by atoms with van der Waals surface area (Å²) in [6, 6.07) is 4.79. The Labute approximate surface area is 182 Å². The highest BCUT2D eigenvalue weighted by molar-refractivity contribution is 7.80. The molecule has 1 aromatic rings. The minimum Gasteiger partial charge on any atom is -0.495 e. The molecule has 29 heavy (non-hydrogen) atoms. The Hall–Kier alpha value is -1.61. The van der Waals surface area contributed by atoms with Gasteiger partial charge >= 0.3 is 0 Å². The second-order valence-electron chi connectivity index (χ2n) is 7.50. The van der Waals surface area contributed by atoms with Gasteiger partial charge in [0, 0.05) is 24.7 Å². The summed E-state index contributed by atoms with van der Waals surface area (Å²) in [5.74, 6) is 0.587. The fourth-order valence-electron chi connectivity index (χ4n) is 3.87. The van der Waals surface area contributed by atoms with Gasteiger partial charge in [0.1, 0.15) is 18.0 Å². The van der Waals surface area contributed by atoms with E-state index in [1.807, 2.05) is 4.90 Å². The number of ether oxygens (including phenoxy) is 1. The Balaban J connectivity index is 1.60. The van der Waals surface area contributed by atoms with Crippen LogP contribution in [0.1, 0.15) is 32.1 Å². The number of benzene rings is 1. The van der Waals surface area contributed by atoms with Gasteiger partial charge in [0.2, 0.25) is 5.91 Å². The van der Waals surface area contributed by atoms with Gasteiger partial charge in [-0.2, -0.15) is 0 Å². The summed E-state index contributed by atoms with van der Waals surface area (Å²) in [4.78, 5) is 16.9. The van der Waals surface area contributed by atoms with E-state index in [0.29, 0.717) is 41.1 Å². The molecule has 2 saturated heterocycles. The number of amides is 1. The minimum absolute atomic E-state index is 0.0250. The molecule has 0 spiro atoms. The maximum absolute atomic E-state index is 13.1. The topological polar surface area (TPSA) is 77.1 Å². The van der Waals surface area contributed by atoms with Crippen LogP contribution in [0.4, 0.5) is 5.69 Å². The van der Waals surface area contributed by atoms with Crippen LogP contribution in [-0.4, -0.2) is 71.5 Å². The molecule has 2 fully saturated rings. The van der Waals surface area contributed by atoms with Crippen molar-refractivity contribution in [2.45, 2.75) is 44.4 Å². The Morgan fingerprint density at radius 2 is 2.03 bits per heavy atom. The summed E-state index contributed by atoms with van der Waals surface area (Å²) in [5, 5.41) is 17.6. The summed E-state index contributed by atoms with van der Waals surface area (Å²) in [6.07, 6.45) is 4.12. The number of likely N-dealkylation sites (tertiary alicyclic amines) is 2. The molecule has 2 heterocycles. The molecule has 9 heteroatoms. The smallest absolute Gasteiger partial charge is 0.245 e. The third kappa shape index (κ3) is 5.94. The zero-order valence-corrected chi connectivity index (χ0v) is 18.3. The Kier molecular flexibility index (Phi) is 7.94. The molecular weight excluding hydrogens is 412 g/mol. The monoisotopic (exact) mass is 440 g/mol. The summed E-state index contributed by atoms with van der Waals surface area (Å²) in [5.41, 5.74) is 0.639. The predicted octanol–water partition coefficient (Wildman–Crippen LogP) is 2.43. The standard InChI is InChI=1S/C20H29ClN4O3S/c1-28-17-8-7-14(21)12-16(17)23-20(29)22-15-6-2-3-11-25(19(15)27)13-18(26)24-9-4-5-10-24/h7-8,12,15,18,26H,2-6,9-11,13H2,1H3,(H2,22,23,29). The summed E-state index contributed by atoms with van der Waals surface area (Å²) in [7, 11) is 1.57. The van der Waals surface area contributed by atoms with Gasteiger partial charge in [-0.1, -0.05) is 11.6 Å². The lowest BCUT2D eigenvalue weighted by molar-refractivity contribution is -0.135. The highest BCUT2D eigenvalue weighted by Crippen LogP contribution is 2.27. The summed E-state index contributed by atoms with van der Waals surface area (Å²) in [6.45, 7) is 2.77. The van der Waals surface area contributed by atoms with E-state index >= 15 is 0 Å². The number of thiocarbonyl (C=S) groups is 1. The largest absolute Gasteiger partial charge is 0.495 e. The molecule has 0 bridgehead atoms. The Morgan fingerprint density at radius 3 is 2.76 bits per heavy atom. The second kappa shape index (κ2) is 10.4. The number of nitrogens with one attached hydrogen (secondary N) is 2. The molecule has 0 aromatic heterocycles. The van der Waals surface area contributed by atoms with E-state index in [4.69, 9.17) is 28.6 Å². The fraction of sp³-hybridized carbons (Fsp3) is 0.600. The number of halogens is 1. The molecule has 2 aliphatic heterocycles. The van der Waals surface area contributed by atoms with Crippen LogP contribution in [0, 0.1) is 0 Å². The van der Waals surface area contributed by atoms with Crippen molar-refractivity contribution in [3.63, 3.8) is 0 Å². The summed E-state index contributed by atoms with van der Waals surface area (Å²) >= 11 is 11.5. The molecule has 1 amide bonds. The van der Waals surface area contributed by atoms with E-state index in [-0.39, 0.29) is 5.91 Å². The van der Waals surface area contributed by atoms with Crippen molar-refractivity contribution in [2.75, 3.05) is 38.6 Å². The normalized spacial score (nSPS) is 21.6. The fourth-order valence-corrected chi connectivity index (χ4v) is 4.29. The van der Waals surface area contributed by atoms with Gasteiger partial charge in [-0.05, 0) is 62.5 Å². The molecule has 3 N–H and O–H groups in total. The van der Waals surface area contributed by atoms with E-state index in [0.717, 1.165) is 38.8 Å². The number of methoxy groups -OCH3 is 1. The van der Waals surface area contributed by atoms with Crippen molar-refractivity contribution in [3.05, 3.63) is 23.2 Å². The quantitative estimate of drug-likeness (QED) is 0.586. The first-order chi connectivity index (χ1) is 14.0. The SMILES string of the molecule is COc1ccc(Cl)cc1NC(=S)NC1CCCCN(CC(O)N2CCCC2)C1=O. The van der Waals surface area contributed by atoms with Crippen LogP contribution in [0.2, 0.25) is 5.02 Å². The van der Waals surface area contributed by atoms with Gasteiger partial charge in [0.15, 0.2) is 5.11 Å². The van der Waals surface area contributed by atoms with E-state index in [2.05, 4.69) is 10.6 Å². The average Bonchev–Trinajstić information content (AvgIpc) is 3.18. The number of rotatable bonds is 6. The van der Waals surface area contributed by atoms with Crippen LogP contribution in [0.3, 0.4) is 0 Å². The van der Waals surface area contributed by atoms with Gasteiger partial charge < -0.3 is 25.4 Å². The van der Waals surface area contributed by atoms with E-state index in [1.54, 1.807) is 30.2 Å². The lowest BCUT2D eigenvalue weighted by Crippen LogP contribution is -2.52. The molecule has 160 valence electrons. The van der Waals surface area contributed by atoms with Gasteiger partial charge in [-0.15, -0.1) is 0 Å². The van der Waals surface area contributed by atoms with Crippen LogP contribution >= 0.6 is 23.8 Å². The first-order valence-corrected chi connectivity index (χ1v) is 10.9. The number of anilines is 1. The molecule has 7 nitrogen and oxygen atoms in total. The van der Waals surface area contributed by atoms with Gasteiger partial charge in [0.25, 0.3) is 0 Å². The lowest BCUT2D eigenvalue weighted by Gasteiger charge is -2.31. The van der Waals surface area contributed by atoms with Crippen LogP contribution in [0.5, 0.6) is 5.75 Å². The van der Waals surface area contributed by atoms with Crippen molar-refractivity contribution < 1.29 is 14.6 Å². The Morgan fingerprint density at radius 1 is 1.31 bits per heavy atom. The van der Waals surface area contributed by atoms with E-state index in [1.165, 1.54) is 0 Å². The van der Waals surface area contributed by atoms with Gasteiger partial charge in [-0.3, -0.25) is 9.69 Å². The van der Waals surface area contributed by atoms with Crippen molar-refractivity contribution in [3.8, 4) is 5.75 Å². The van der Waals surface area contributed by atoms with Crippen molar-refractivity contribution >= 4 is 40.5 Å². The first-order valence-electron chi connectivity index (χ1n) is 10.1. The maximum atomic E-state index is 13.1. The van der Waals surface area contributed by atoms with Crippen LogP contribution in [-0.2, 0) is 4.79 Å². The highest BCUT2D eigenvalue weighted by atomic mass is 35.5. The molecule has 2 unspecified atom stereocenters. The Bertz CT molecular complexity index is 730. The number of hydrogen-bond acceptors (Lipinski definition) is 5. The van der Waals surface area contributed by atoms with Gasteiger partial charge in [0.05, 0.1) is 19.3 Å². The number of β-amino-alcohol motifs (C(OH)–C–C–N with tert-alkyl or cyclic N) is 1. The van der Waals surface area contributed by atoms with Crippen molar-refractivity contribution in [1.82, 2.24) is 15.1 Å². The predicted molar refractivity (Wildman–Crippen MR) is 118 cm³/mol. The number of carbonyl (C=O) groups is 1. The van der Waals surface area contributed by atoms with Crippen molar-refractivity contribution in [2.24, 2.45) is 0 Å². The maximum Gasteiger partial charge on any atom is 0.245 e. The van der Waals surface area contributed by atoms with E-state index < -0.39 is 12.3 Å². The number of nitrogens with zero attached hydrogens (tertiary/aromatic N) is 2.